The largest absolute Gasteiger partial charge is 0.507 e. The third kappa shape index (κ3) is 4.16. The van der Waals surface area contributed by atoms with E-state index in [1.165, 1.54) is 43.5 Å². The molecule has 0 aliphatic carbocycles. The average Bonchev–Trinajstić information content (AvgIpc) is 3.09. The predicted molar refractivity (Wildman–Crippen MR) is 122 cm³/mol. The van der Waals surface area contributed by atoms with Crippen LogP contribution in [0, 0.1) is 5.82 Å². The molecule has 174 valence electrons. The summed E-state index contributed by atoms with van der Waals surface area (Å²) in [6, 6.07) is 15.5. The second-order valence-corrected chi connectivity index (χ2v) is 9.05. The Balaban J connectivity index is 1.91. The topological polar surface area (TPSA) is 127 Å². The molecule has 1 amide bonds. The lowest BCUT2D eigenvalue weighted by Gasteiger charge is -2.25. The number of halogens is 1. The Hall–Kier alpha value is -4.02. The van der Waals surface area contributed by atoms with Crippen molar-refractivity contribution in [2.75, 3.05) is 12.0 Å². The van der Waals surface area contributed by atoms with Crippen molar-refractivity contribution in [3.8, 4) is 5.75 Å². The van der Waals surface area contributed by atoms with Gasteiger partial charge in [0.25, 0.3) is 11.7 Å². The summed E-state index contributed by atoms with van der Waals surface area (Å²) in [4.78, 5) is 27.2. The number of amides is 1. The van der Waals surface area contributed by atoms with Crippen molar-refractivity contribution in [1.82, 2.24) is 0 Å². The lowest BCUT2D eigenvalue weighted by molar-refractivity contribution is -0.132. The SMILES string of the molecule is COc1ccc(C2/C(=C(\O)c3ccc(F)cc3)C(=O)C(=O)N2c2ccc(S(N)(=O)=O)cc2)cc1. The maximum absolute atomic E-state index is 13.4. The van der Waals surface area contributed by atoms with Crippen LogP contribution in [0.2, 0.25) is 0 Å². The molecule has 34 heavy (non-hydrogen) atoms. The van der Waals surface area contributed by atoms with Crippen LogP contribution < -0.4 is 14.8 Å². The Bertz CT molecular complexity index is 1400. The molecule has 1 unspecified atom stereocenters. The minimum Gasteiger partial charge on any atom is -0.507 e. The Morgan fingerprint density at radius 2 is 1.56 bits per heavy atom. The van der Waals surface area contributed by atoms with Gasteiger partial charge in [0.15, 0.2) is 0 Å². The number of carbonyl (C=O) groups is 2. The molecule has 8 nitrogen and oxygen atoms in total. The second kappa shape index (κ2) is 8.73. The lowest BCUT2D eigenvalue weighted by Crippen LogP contribution is -2.29. The number of hydrogen-bond acceptors (Lipinski definition) is 6. The van der Waals surface area contributed by atoms with Crippen molar-refractivity contribution in [3.05, 3.63) is 95.3 Å². The van der Waals surface area contributed by atoms with Crippen LogP contribution in [0.15, 0.2) is 83.3 Å². The van der Waals surface area contributed by atoms with Crippen LogP contribution in [0.1, 0.15) is 17.2 Å². The molecule has 1 saturated heterocycles. The summed E-state index contributed by atoms with van der Waals surface area (Å²) in [6.45, 7) is 0. The number of benzene rings is 3. The average molecular weight is 482 g/mol. The highest BCUT2D eigenvalue weighted by Gasteiger charge is 2.47. The van der Waals surface area contributed by atoms with E-state index in [9.17, 15) is 27.5 Å². The Morgan fingerprint density at radius 1 is 0.971 bits per heavy atom. The summed E-state index contributed by atoms with van der Waals surface area (Å²) in [5.41, 5.74) is 0.660. The number of primary sulfonamides is 1. The van der Waals surface area contributed by atoms with E-state index < -0.39 is 39.3 Å². The fraction of sp³-hybridized carbons (Fsp3) is 0.0833. The highest BCUT2D eigenvalue weighted by atomic mass is 32.2. The minimum atomic E-state index is -3.97. The molecule has 0 saturated carbocycles. The Morgan fingerprint density at radius 3 is 2.09 bits per heavy atom. The molecule has 0 aromatic heterocycles. The van der Waals surface area contributed by atoms with E-state index in [0.29, 0.717) is 11.3 Å². The molecule has 0 radical (unpaired) electrons. The zero-order chi connectivity index (χ0) is 24.6. The molecule has 1 aliphatic heterocycles. The smallest absolute Gasteiger partial charge is 0.300 e. The van der Waals surface area contributed by atoms with Gasteiger partial charge in [-0.1, -0.05) is 12.1 Å². The maximum atomic E-state index is 13.4. The molecule has 1 aliphatic rings. The fourth-order valence-electron chi connectivity index (χ4n) is 3.76. The zero-order valence-corrected chi connectivity index (χ0v) is 18.6. The summed E-state index contributed by atoms with van der Waals surface area (Å²) in [7, 11) is -2.48. The van der Waals surface area contributed by atoms with Crippen LogP contribution in [0.4, 0.5) is 10.1 Å². The third-order valence-electron chi connectivity index (χ3n) is 5.44. The summed E-state index contributed by atoms with van der Waals surface area (Å²) >= 11 is 0. The number of ether oxygens (including phenoxy) is 1. The molecule has 3 aromatic rings. The molecule has 3 aromatic carbocycles. The Labute approximate surface area is 194 Å². The maximum Gasteiger partial charge on any atom is 0.300 e. The highest BCUT2D eigenvalue weighted by Crippen LogP contribution is 2.42. The number of carbonyl (C=O) groups excluding carboxylic acids is 2. The number of anilines is 1. The molecule has 0 bridgehead atoms. The first-order chi connectivity index (χ1) is 16.1. The normalized spacial score (nSPS) is 17.7. The van der Waals surface area contributed by atoms with Gasteiger partial charge in [-0.25, -0.2) is 17.9 Å². The number of sulfonamides is 1. The number of methoxy groups -OCH3 is 1. The molecule has 0 spiro atoms. The van der Waals surface area contributed by atoms with E-state index in [1.54, 1.807) is 24.3 Å². The van der Waals surface area contributed by atoms with E-state index in [-0.39, 0.29) is 21.7 Å². The van der Waals surface area contributed by atoms with Crippen LogP contribution in [0.3, 0.4) is 0 Å². The van der Waals surface area contributed by atoms with E-state index in [0.717, 1.165) is 17.0 Å². The number of nitrogens with zero attached hydrogens (tertiary/aromatic N) is 1. The zero-order valence-electron chi connectivity index (χ0n) is 17.8. The number of Topliss-reactive ketones (excluding diaryl/α,β-unsaturated/α-hetero) is 1. The van der Waals surface area contributed by atoms with Gasteiger partial charge in [-0.15, -0.1) is 0 Å². The number of rotatable bonds is 5. The molecule has 10 heteroatoms. The number of aliphatic hydroxyl groups excluding tert-OH is 1. The lowest BCUT2D eigenvalue weighted by atomic mass is 9.95. The quantitative estimate of drug-likeness (QED) is 0.327. The second-order valence-electron chi connectivity index (χ2n) is 7.49. The van der Waals surface area contributed by atoms with Gasteiger partial charge in [0.05, 0.1) is 23.6 Å². The van der Waals surface area contributed by atoms with Gasteiger partial charge < -0.3 is 9.84 Å². The highest BCUT2D eigenvalue weighted by molar-refractivity contribution is 7.89. The van der Waals surface area contributed by atoms with E-state index in [2.05, 4.69) is 0 Å². The van der Waals surface area contributed by atoms with E-state index >= 15 is 0 Å². The number of aliphatic hydroxyl groups is 1. The fourth-order valence-corrected chi connectivity index (χ4v) is 4.28. The van der Waals surface area contributed by atoms with Crippen molar-refractivity contribution in [3.63, 3.8) is 0 Å². The van der Waals surface area contributed by atoms with Crippen LogP contribution >= 0.6 is 0 Å². The standard InChI is InChI=1S/C24H19FN2O6S/c1-33-18-10-4-14(5-11-18)21-20(22(28)15-2-6-16(25)7-3-15)23(29)24(30)27(21)17-8-12-19(13-9-17)34(26,31)32/h2-13,21,28H,1H3,(H2,26,31,32)/b22-20+. The van der Waals surface area contributed by atoms with Crippen molar-refractivity contribution in [2.24, 2.45) is 5.14 Å². The van der Waals surface area contributed by atoms with Crippen LogP contribution in [-0.2, 0) is 19.6 Å². The van der Waals surface area contributed by atoms with Gasteiger partial charge in [0, 0.05) is 11.3 Å². The number of nitrogens with two attached hydrogens (primary N) is 1. The molecule has 3 N–H and O–H groups in total. The monoisotopic (exact) mass is 482 g/mol. The first kappa shape index (κ1) is 23.1. The van der Waals surface area contributed by atoms with Gasteiger partial charge in [-0.3, -0.25) is 14.5 Å². The van der Waals surface area contributed by atoms with Crippen molar-refractivity contribution in [1.29, 1.82) is 0 Å². The Kier molecular flexibility index (Phi) is 5.94. The van der Waals surface area contributed by atoms with Crippen LogP contribution in [0.25, 0.3) is 5.76 Å². The van der Waals surface area contributed by atoms with Crippen molar-refractivity contribution in [2.45, 2.75) is 10.9 Å². The molecule has 1 fully saturated rings. The predicted octanol–water partition coefficient (Wildman–Crippen LogP) is 3.11. The first-order valence-corrected chi connectivity index (χ1v) is 11.5. The molecule has 1 atom stereocenters. The summed E-state index contributed by atoms with van der Waals surface area (Å²) in [5.74, 6) is -2.33. The van der Waals surface area contributed by atoms with Gasteiger partial charge in [-0.2, -0.15) is 0 Å². The van der Waals surface area contributed by atoms with Gasteiger partial charge in [0.1, 0.15) is 17.3 Å². The minimum absolute atomic E-state index is 0.155. The first-order valence-electron chi connectivity index (χ1n) is 9.95. The van der Waals surface area contributed by atoms with Crippen LogP contribution in [-0.4, -0.2) is 32.3 Å². The van der Waals surface area contributed by atoms with Gasteiger partial charge >= 0.3 is 0 Å². The van der Waals surface area contributed by atoms with Crippen molar-refractivity contribution < 1.29 is 32.2 Å². The van der Waals surface area contributed by atoms with Gasteiger partial charge in [-0.05, 0) is 66.2 Å². The van der Waals surface area contributed by atoms with E-state index in [4.69, 9.17) is 9.88 Å². The summed E-state index contributed by atoms with van der Waals surface area (Å²) < 4.78 is 41.8. The van der Waals surface area contributed by atoms with E-state index in [1.807, 2.05) is 0 Å². The summed E-state index contributed by atoms with van der Waals surface area (Å²) in [6.07, 6.45) is 0. The molecular formula is C24H19FN2O6S. The third-order valence-corrected chi connectivity index (χ3v) is 6.37. The summed E-state index contributed by atoms with van der Waals surface area (Å²) in [5, 5.41) is 16.1. The molecular weight excluding hydrogens is 463 g/mol. The van der Waals surface area contributed by atoms with Crippen LogP contribution in [0.5, 0.6) is 5.75 Å². The molecule has 1 heterocycles. The van der Waals surface area contributed by atoms with Crippen molar-refractivity contribution >= 4 is 33.2 Å². The number of ketones is 1. The number of hydrogen-bond donors (Lipinski definition) is 2. The van der Waals surface area contributed by atoms with Gasteiger partial charge in [0.2, 0.25) is 10.0 Å². The molecule has 4 rings (SSSR count).